The molecule has 0 aliphatic heterocycles. The zero-order valence-electron chi connectivity index (χ0n) is 3.29. The zero-order chi connectivity index (χ0) is 3.54. The normalized spacial score (nSPS) is 14.7. The quantitative estimate of drug-likeness (QED) is 0.334. The summed E-state index contributed by atoms with van der Waals surface area (Å²) in [5, 5.41) is 0. The van der Waals surface area contributed by atoms with Crippen LogP contribution in [0.3, 0.4) is 0 Å². The minimum absolute atomic E-state index is 0. The Kier molecular flexibility index (Phi) is 3.20. The second kappa shape index (κ2) is 3.20. The van der Waals surface area contributed by atoms with Crippen LogP contribution in [0.2, 0.25) is 0 Å². The minimum atomic E-state index is 0. The summed E-state index contributed by atoms with van der Waals surface area (Å²) in [6.45, 7) is 0. The molecule has 1 rings (SSSR count). The molecule has 0 fully saturated rings. The number of hydrogen-bond donors (Lipinski definition) is 0. The Morgan fingerprint density at radius 1 is 1.50 bits per heavy atom. The number of hydrogen-bond acceptors (Lipinski definition) is 0. The van der Waals surface area contributed by atoms with Gasteiger partial charge in [0, 0.05) is 17.1 Å². The van der Waals surface area contributed by atoms with Gasteiger partial charge in [-0.15, -0.1) is 6.42 Å². The van der Waals surface area contributed by atoms with Crippen LogP contribution in [0.1, 0.15) is 6.42 Å². The van der Waals surface area contributed by atoms with Crippen LogP contribution in [0.4, 0.5) is 0 Å². The molecule has 1 heteroatoms. The molecule has 0 radical (unpaired) electrons. The molecular formula is C5H5Fe-. The van der Waals surface area contributed by atoms with Crippen molar-refractivity contribution in [2.24, 2.45) is 0 Å². The summed E-state index contributed by atoms with van der Waals surface area (Å²) in [6.07, 6.45) is 10.0. The second-order valence-electron chi connectivity index (χ2n) is 1.00. The molecule has 34 valence electrons. The molecule has 0 spiro atoms. The Bertz CT molecular complexity index is 62.0. The van der Waals surface area contributed by atoms with Gasteiger partial charge in [0.25, 0.3) is 0 Å². The van der Waals surface area contributed by atoms with Crippen molar-refractivity contribution in [3.8, 4) is 0 Å². The average Bonchev–Trinajstić information content (AvgIpc) is 1.76. The molecule has 1 aliphatic rings. The van der Waals surface area contributed by atoms with Crippen molar-refractivity contribution in [1.82, 2.24) is 0 Å². The van der Waals surface area contributed by atoms with Gasteiger partial charge in [-0.2, -0.15) is 6.08 Å². The fourth-order valence-electron chi connectivity index (χ4n) is 0.340. The van der Waals surface area contributed by atoms with Crippen LogP contribution < -0.4 is 0 Å². The van der Waals surface area contributed by atoms with E-state index in [0.29, 0.717) is 0 Å². The number of rotatable bonds is 0. The van der Waals surface area contributed by atoms with Gasteiger partial charge in [0.15, 0.2) is 0 Å². The van der Waals surface area contributed by atoms with Crippen molar-refractivity contribution in [1.29, 1.82) is 0 Å². The molecule has 0 bridgehead atoms. The van der Waals surface area contributed by atoms with Crippen molar-refractivity contribution >= 4 is 0 Å². The predicted molar refractivity (Wildman–Crippen MR) is 21.6 cm³/mol. The van der Waals surface area contributed by atoms with E-state index in [1.165, 1.54) is 0 Å². The van der Waals surface area contributed by atoms with E-state index in [4.69, 9.17) is 0 Å². The van der Waals surface area contributed by atoms with Gasteiger partial charge in [0.2, 0.25) is 0 Å². The largest absolute Gasteiger partial charge is 0.273 e. The Morgan fingerprint density at radius 3 is 2.50 bits per heavy atom. The minimum Gasteiger partial charge on any atom is -0.273 e. The van der Waals surface area contributed by atoms with Gasteiger partial charge in [-0.3, -0.25) is 6.08 Å². The van der Waals surface area contributed by atoms with Gasteiger partial charge in [-0.25, -0.2) is 12.2 Å². The molecule has 0 heterocycles. The standard InChI is InChI=1S/C5H5.Fe/c1-2-4-5-3-1;/h1-3H,4H2;/q-1;. The summed E-state index contributed by atoms with van der Waals surface area (Å²) >= 11 is 0. The molecule has 0 aromatic carbocycles. The van der Waals surface area contributed by atoms with Crippen LogP contribution in [-0.2, 0) is 17.1 Å². The summed E-state index contributed by atoms with van der Waals surface area (Å²) in [5.41, 5.74) is 0. The third-order valence-corrected chi connectivity index (χ3v) is 0.586. The maximum Gasteiger partial charge on any atom is 0 e. The predicted octanol–water partition coefficient (Wildman–Crippen LogP) is 1.30. The van der Waals surface area contributed by atoms with Crippen LogP contribution in [0.15, 0.2) is 18.2 Å². The molecule has 1 aliphatic carbocycles. The fraction of sp³-hybridized carbons (Fsp3) is 0.200. The maximum absolute atomic E-state index is 2.99. The third-order valence-electron chi connectivity index (χ3n) is 0.586. The van der Waals surface area contributed by atoms with E-state index in [1.54, 1.807) is 0 Å². The van der Waals surface area contributed by atoms with Crippen molar-refractivity contribution in [2.75, 3.05) is 0 Å². The Morgan fingerprint density at radius 2 is 2.33 bits per heavy atom. The van der Waals surface area contributed by atoms with Crippen LogP contribution in [0, 0.1) is 6.08 Å². The average molecular weight is 121 g/mol. The third kappa shape index (κ3) is 1.44. The van der Waals surface area contributed by atoms with E-state index < -0.39 is 0 Å². The second-order valence-corrected chi connectivity index (χ2v) is 1.00. The zero-order valence-corrected chi connectivity index (χ0v) is 4.40. The van der Waals surface area contributed by atoms with Gasteiger partial charge < -0.3 is 0 Å². The van der Waals surface area contributed by atoms with Crippen molar-refractivity contribution < 1.29 is 17.1 Å². The molecular weight excluding hydrogens is 116 g/mol. The van der Waals surface area contributed by atoms with E-state index in [1.807, 2.05) is 12.2 Å². The Balaban J connectivity index is 0.000000250. The summed E-state index contributed by atoms with van der Waals surface area (Å²) in [4.78, 5) is 0. The van der Waals surface area contributed by atoms with Gasteiger partial charge in [0.1, 0.15) is 0 Å². The first kappa shape index (κ1) is 6.00. The first-order valence-corrected chi connectivity index (χ1v) is 1.72. The first-order valence-electron chi connectivity index (χ1n) is 1.72. The van der Waals surface area contributed by atoms with E-state index in [-0.39, 0.29) is 17.1 Å². The van der Waals surface area contributed by atoms with Gasteiger partial charge in [-0.05, 0) is 0 Å². The van der Waals surface area contributed by atoms with Crippen LogP contribution >= 0.6 is 0 Å². The van der Waals surface area contributed by atoms with Crippen molar-refractivity contribution in [3.63, 3.8) is 0 Å². The van der Waals surface area contributed by atoms with Crippen molar-refractivity contribution in [3.05, 3.63) is 24.3 Å². The molecule has 0 aromatic heterocycles. The van der Waals surface area contributed by atoms with Crippen LogP contribution in [0.5, 0.6) is 0 Å². The Labute approximate surface area is 48.4 Å². The van der Waals surface area contributed by atoms with E-state index in [0.717, 1.165) is 6.42 Å². The molecule has 0 atom stereocenters. The summed E-state index contributed by atoms with van der Waals surface area (Å²) in [5.74, 6) is 0. The molecule has 0 nitrogen and oxygen atoms in total. The maximum atomic E-state index is 2.99. The van der Waals surface area contributed by atoms with Crippen LogP contribution in [-0.4, -0.2) is 0 Å². The van der Waals surface area contributed by atoms with Gasteiger partial charge >= 0.3 is 0 Å². The first-order chi connectivity index (χ1) is 2.50. The summed E-state index contributed by atoms with van der Waals surface area (Å²) < 4.78 is 0. The molecule has 6 heavy (non-hydrogen) atoms. The summed E-state index contributed by atoms with van der Waals surface area (Å²) in [6, 6.07) is 0. The van der Waals surface area contributed by atoms with Crippen LogP contribution in [0.25, 0.3) is 0 Å². The van der Waals surface area contributed by atoms with Crippen molar-refractivity contribution in [2.45, 2.75) is 6.42 Å². The summed E-state index contributed by atoms with van der Waals surface area (Å²) in [7, 11) is 0. The smallest absolute Gasteiger partial charge is 0 e. The van der Waals surface area contributed by atoms with Gasteiger partial charge in [0.05, 0.1) is 0 Å². The van der Waals surface area contributed by atoms with E-state index >= 15 is 0 Å². The topological polar surface area (TPSA) is 0 Å². The SMILES string of the molecule is [C-]1=CC=CC1.[Fe]. The molecule has 0 saturated carbocycles. The number of allylic oxidation sites excluding steroid dienone is 4. The van der Waals surface area contributed by atoms with E-state index in [9.17, 15) is 0 Å². The van der Waals surface area contributed by atoms with E-state index in [2.05, 4.69) is 12.2 Å². The molecule has 0 saturated heterocycles. The Hall–Kier alpha value is -0.000519. The molecule has 0 unspecified atom stereocenters. The monoisotopic (exact) mass is 121 g/mol. The fourth-order valence-corrected chi connectivity index (χ4v) is 0.340. The molecule has 0 amide bonds. The molecule has 0 aromatic rings. The van der Waals surface area contributed by atoms with Gasteiger partial charge in [-0.1, -0.05) is 0 Å². The molecule has 0 N–H and O–H groups in total.